The summed E-state index contributed by atoms with van der Waals surface area (Å²) in [6.07, 6.45) is -0.0593. The highest BCUT2D eigenvalue weighted by molar-refractivity contribution is 6.07. The van der Waals surface area contributed by atoms with Crippen LogP contribution >= 0.6 is 0 Å². The van der Waals surface area contributed by atoms with Gasteiger partial charge in [-0.25, -0.2) is 4.79 Å². The molecule has 0 unspecified atom stereocenters. The number of ether oxygens (including phenoxy) is 1. The summed E-state index contributed by atoms with van der Waals surface area (Å²) in [5.74, 6) is 0.255. The van der Waals surface area contributed by atoms with Crippen molar-refractivity contribution in [1.29, 1.82) is 0 Å². The fraction of sp³-hybridized carbons (Fsp3) is 0.286. The molecule has 2 rings (SSSR count). The molecule has 0 amide bonds. The second-order valence-corrected chi connectivity index (χ2v) is 4.33. The Hall–Kier alpha value is -2.10. The molecule has 0 bridgehead atoms. The number of carbonyl (C=O) groups excluding carboxylic acids is 1. The van der Waals surface area contributed by atoms with Crippen molar-refractivity contribution in [2.24, 2.45) is 0 Å². The third kappa shape index (κ3) is 2.27. The Kier molecular flexibility index (Phi) is 3.19. The number of ketones is 1. The molecule has 94 valence electrons. The van der Waals surface area contributed by atoms with Crippen LogP contribution in [0.3, 0.4) is 0 Å². The molecular weight excluding hydrogens is 232 g/mol. The van der Waals surface area contributed by atoms with Gasteiger partial charge in [0.15, 0.2) is 11.4 Å². The summed E-state index contributed by atoms with van der Waals surface area (Å²) in [5, 5.41) is 0.705. The Morgan fingerprint density at radius 2 is 1.89 bits per heavy atom. The SMILES string of the molecule is CC(=O)c1c(OC(C)C)ccc2ccc(=O)oc12. The maximum absolute atomic E-state index is 11.7. The quantitative estimate of drug-likeness (QED) is 0.617. The van der Waals surface area contributed by atoms with Gasteiger partial charge in [-0.1, -0.05) is 0 Å². The zero-order valence-electron chi connectivity index (χ0n) is 10.5. The fourth-order valence-corrected chi connectivity index (χ4v) is 1.80. The molecular formula is C14H14O4. The Labute approximate surface area is 104 Å². The van der Waals surface area contributed by atoms with E-state index in [1.165, 1.54) is 13.0 Å². The summed E-state index contributed by atoms with van der Waals surface area (Å²) in [7, 11) is 0. The Morgan fingerprint density at radius 3 is 2.50 bits per heavy atom. The third-order valence-corrected chi connectivity index (χ3v) is 2.47. The van der Waals surface area contributed by atoms with Crippen molar-refractivity contribution in [1.82, 2.24) is 0 Å². The van der Waals surface area contributed by atoms with E-state index in [1.807, 2.05) is 13.8 Å². The summed E-state index contributed by atoms with van der Waals surface area (Å²) >= 11 is 0. The smallest absolute Gasteiger partial charge is 0.336 e. The normalized spacial score (nSPS) is 10.9. The topological polar surface area (TPSA) is 56.5 Å². The summed E-state index contributed by atoms with van der Waals surface area (Å²) in [5.41, 5.74) is 0.124. The molecule has 4 heteroatoms. The van der Waals surface area contributed by atoms with Crippen molar-refractivity contribution in [3.05, 3.63) is 40.2 Å². The van der Waals surface area contributed by atoms with E-state index in [0.717, 1.165) is 0 Å². The van der Waals surface area contributed by atoms with E-state index >= 15 is 0 Å². The van der Waals surface area contributed by atoms with Crippen molar-refractivity contribution in [2.45, 2.75) is 26.9 Å². The number of rotatable bonds is 3. The van der Waals surface area contributed by atoms with Crippen LogP contribution in [0, 0.1) is 0 Å². The van der Waals surface area contributed by atoms with Crippen LogP contribution in [-0.4, -0.2) is 11.9 Å². The van der Waals surface area contributed by atoms with Crippen molar-refractivity contribution < 1.29 is 13.9 Å². The molecule has 1 heterocycles. The molecule has 0 radical (unpaired) electrons. The van der Waals surface area contributed by atoms with Crippen LogP contribution in [0.2, 0.25) is 0 Å². The minimum absolute atomic E-state index is 0.0593. The first-order valence-corrected chi connectivity index (χ1v) is 5.73. The first-order valence-electron chi connectivity index (χ1n) is 5.73. The van der Waals surface area contributed by atoms with Crippen molar-refractivity contribution in [3.8, 4) is 5.75 Å². The van der Waals surface area contributed by atoms with E-state index in [-0.39, 0.29) is 17.5 Å². The Balaban J connectivity index is 2.76. The molecule has 0 saturated carbocycles. The highest BCUT2D eigenvalue weighted by atomic mass is 16.5. The van der Waals surface area contributed by atoms with Crippen molar-refractivity contribution in [2.75, 3.05) is 0 Å². The predicted octanol–water partition coefficient (Wildman–Crippen LogP) is 2.78. The van der Waals surface area contributed by atoms with Crippen LogP contribution in [0.5, 0.6) is 5.75 Å². The highest BCUT2D eigenvalue weighted by Gasteiger charge is 2.16. The van der Waals surface area contributed by atoms with E-state index in [0.29, 0.717) is 16.7 Å². The maximum Gasteiger partial charge on any atom is 0.336 e. The maximum atomic E-state index is 11.7. The average Bonchev–Trinajstić information content (AvgIpc) is 2.26. The van der Waals surface area contributed by atoms with Crippen LogP contribution < -0.4 is 10.4 Å². The molecule has 0 fully saturated rings. The molecule has 0 saturated heterocycles. The van der Waals surface area contributed by atoms with Gasteiger partial charge in [-0.05, 0) is 39.0 Å². The van der Waals surface area contributed by atoms with Gasteiger partial charge in [0.1, 0.15) is 11.3 Å². The summed E-state index contributed by atoms with van der Waals surface area (Å²) < 4.78 is 10.7. The molecule has 18 heavy (non-hydrogen) atoms. The minimum atomic E-state index is -0.480. The van der Waals surface area contributed by atoms with Gasteiger partial charge in [0.2, 0.25) is 0 Å². The molecule has 0 spiro atoms. The largest absolute Gasteiger partial charge is 0.490 e. The van der Waals surface area contributed by atoms with Gasteiger partial charge < -0.3 is 9.15 Å². The molecule has 0 aliphatic heterocycles. The lowest BCUT2D eigenvalue weighted by atomic mass is 10.1. The number of benzene rings is 1. The van der Waals surface area contributed by atoms with Crippen molar-refractivity contribution in [3.63, 3.8) is 0 Å². The number of carbonyl (C=O) groups is 1. The highest BCUT2D eigenvalue weighted by Crippen LogP contribution is 2.28. The van der Waals surface area contributed by atoms with E-state index in [2.05, 4.69) is 0 Å². The first kappa shape index (κ1) is 12.4. The molecule has 1 aromatic carbocycles. The summed E-state index contributed by atoms with van der Waals surface area (Å²) in [4.78, 5) is 23.0. The standard InChI is InChI=1S/C14H14O4/c1-8(2)17-11-6-4-10-5-7-12(16)18-14(10)13(11)9(3)15/h4-8H,1-3H3. The van der Waals surface area contributed by atoms with Crippen LogP contribution in [0.25, 0.3) is 11.0 Å². The van der Waals surface area contributed by atoms with Gasteiger partial charge in [-0.3, -0.25) is 4.79 Å². The lowest BCUT2D eigenvalue weighted by Gasteiger charge is -2.13. The monoisotopic (exact) mass is 246 g/mol. The minimum Gasteiger partial charge on any atom is -0.490 e. The van der Waals surface area contributed by atoms with Gasteiger partial charge in [-0.15, -0.1) is 0 Å². The lowest BCUT2D eigenvalue weighted by Crippen LogP contribution is -2.10. The predicted molar refractivity (Wildman–Crippen MR) is 68.3 cm³/mol. The van der Waals surface area contributed by atoms with Crippen LogP contribution in [0.1, 0.15) is 31.1 Å². The van der Waals surface area contributed by atoms with Crippen molar-refractivity contribution >= 4 is 16.8 Å². The van der Waals surface area contributed by atoms with E-state index in [1.54, 1.807) is 18.2 Å². The molecule has 0 atom stereocenters. The van der Waals surface area contributed by atoms with E-state index < -0.39 is 5.63 Å². The van der Waals surface area contributed by atoms with Gasteiger partial charge in [0.25, 0.3) is 0 Å². The van der Waals surface area contributed by atoms with Crippen LogP contribution in [0.4, 0.5) is 0 Å². The van der Waals surface area contributed by atoms with Gasteiger partial charge in [0.05, 0.1) is 6.10 Å². The fourth-order valence-electron chi connectivity index (χ4n) is 1.80. The van der Waals surface area contributed by atoms with E-state index in [9.17, 15) is 9.59 Å². The average molecular weight is 246 g/mol. The molecule has 0 N–H and O–H groups in total. The molecule has 1 aromatic heterocycles. The number of fused-ring (bicyclic) bond motifs is 1. The number of hydrogen-bond acceptors (Lipinski definition) is 4. The lowest BCUT2D eigenvalue weighted by molar-refractivity contribution is 0.101. The zero-order valence-corrected chi connectivity index (χ0v) is 10.5. The second-order valence-electron chi connectivity index (χ2n) is 4.33. The summed E-state index contributed by atoms with van der Waals surface area (Å²) in [6, 6.07) is 6.45. The molecule has 4 nitrogen and oxygen atoms in total. The molecule has 0 aliphatic rings. The molecule has 2 aromatic rings. The molecule has 0 aliphatic carbocycles. The number of Topliss-reactive ketones (excluding diaryl/α,β-unsaturated/α-hetero) is 1. The van der Waals surface area contributed by atoms with Gasteiger partial charge in [0, 0.05) is 11.5 Å². The van der Waals surface area contributed by atoms with E-state index in [4.69, 9.17) is 9.15 Å². The van der Waals surface area contributed by atoms with Crippen LogP contribution in [0.15, 0.2) is 33.5 Å². The Bertz CT molecular complexity index is 652. The summed E-state index contributed by atoms with van der Waals surface area (Å²) in [6.45, 7) is 5.17. The second kappa shape index (κ2) is 4.64. The van der Waals surface area contributed by atoms with Crippen LogP contribution in [-0.2, 0) is 0 Å². The first-order chi connectivity index (χ1) is 8.49. The third-order valence-electron chi connectivity index (χ3n) is 2.47. The zero-order chi connectivity index (χ0) is 13.3. The Morgan fingerprint density at radius 1 is 1.22 bits per heavy atom. The van der Waals surface area contributed by atoms with Gasteiger partial charge in [-0.2, -0.15) is 0 Å². The number of hydrogen-bond donors (Lipinski definition) is 0. The van der Waals surface area contributed by atoms with Gasteiger partial charge >= 0.3 is 5.63 Å².